The Morgan fingerprint density at radius 1 is 1.06 bits per heavy atom. The fourth-order valence-corrected chi connectivity index (χ4v) is 4.32. The maximum absolute atomic E-state index is 14.1. The van der Waals surface area contributed by atoms with Gasteiger partial charge in [0.1, 0.15) is 11.5 Å². The molecule has 0 spiro atoms. The summed E-state index contributed by atoms with van der Waals surface area (Å²) in [5, 5.41) is 9.99. The first-order valence-corrected chi connectivity index (χ1v) is 11.0. The molecule has 4 rings (SSSR count). The molecular weight excluding hydrogens is 405 g/mol. The number of aliphatic hydroxyl groups is 1. The lowest BCUT2D eigenvalue weighted by atomic mass is 9.88. The number of rotatable bonds is 4. The van der Waals surface area contributed by atoms with Crippen LogP contribution >= 0.6 is 0 Å². The van der Waals surface area contributed by atoms with E-state index < -0.39 is 0 Å². The highest BCUT2D eigenvalue weighted by Crippen LogP contribution is 2.37. The van der Waals surface area contributed by atoms with Crippen LogP contribution < -0.4 is 5.32 Å². The standard InChI is InChI=1S/C25H26FN3O.CH4O/c1-17-7-2-3-8-18(15-17)19-13-14-27-16-24(19)29-25(30)23-12-6-11-22(28-23)20-9-4-5-10-21(20)26;1-2/h4-6,9-14,16-18H,2-3,7-8,15H2,1H3,(H,29,30);2H,1H3. The Balaban J connectivity index is 0.00000141. The Kier molecular flexibility index (Phi) is 8.45. The molecule has 1 fully saturated rings. The van der Waals surface area contributed by atoms with Crippen molar-refractivity contribution < 1.29 is 14.3 Å². The van der Waals surface area contributed by atoms with Crippen molar-refractivity contribution in [3.05, 3.63) is 78.0 Å². The first-order valence-electron chi connectivity index (χ1n) is 11.0. The normalized spacial score (nSPS) is 18.1. The molecule has 1 aromatic carbocycles. The van der Waals surface area contributed by atoms with Crippen molar-refractivity contribution in [1.82, 2.24) is 9.97 Å². The van der Waals surface area contributed by atoms with Gasteiger partial charge in [-0.25, -0.2) is 9.37 Å². The van der Waals surface area contributed by atoms with Gasteiger partial charge in [0.2, 0.25) is 0 Å². The lowest BCUT2D eigenvalue weighted by Crippen LogP contribution is -2.16. The summed E-state index contributed by atoms with van der Waals surface area (Å²) in [7, 11) is 1.00. The van der Waals surface area contributed by atoms with Gasteiger partial charge in [0.25, 0.3) is 5.91 Å². The number of aromatic nitrogens is 2. The van der Waals surface area contributed by atoms with Gasteiger partial charge in [-0.05, 0) is 60.6 Å². The van der Waals surface area contributed by atoms with Gasteiger partial charge in [0.05, 0.1) is 17.6 Å². The van der Waals surface area contributed by atoms with Crippen molar-refractivity contribution in [3.8, 4) is 11.3 Å². The molecule has 1 amide bonds. The second-order valence-corrected chi connectivity index (χ2v) is 8.13. The van der Waals surface area contributed by atoms with Gasteiger partial charge < -0.3 is 10.4 Å². The molecule has 2 aromatic heterocycles. The van der Waals surface area contributed by atoms with E-state index in [1.807, 2.05) is 6.07 Å². The van der Waals surface area contributed by atoms with E-state index in [0.717, 1.165) is 31.2 Å². The highest BCUT2D eigenvalue weighted by atomic mass is 19.1. The van der Waals surface area contributed by atoms with E-state index in [1.165, 1.54) is 25.3 Å². The van der Waals surface area contributed by atoms with E-state index in [0.29, 0.717) is 23.1 Å². The number of pyridine rings is 2. The van der Waals surface area contributed by atoms with Crippen LogP contribution in [0.4, 0.5) is 10.1 Å². The predicted octanol–water partition coefficient (Wildman–Crippen LogP) is 5.83. The van der Waals surface area contributed by atoms with Gasteiger partial charge in [-0.2, -0.15) is 0 Å². The van der Waals surface area contributed by atoms with Gasteiger partial charge in [-0.15, -0.1) is 0 Å². The van der Waals surface area contributed by atoms with E-state index in [4.69, 9.17) is 5.11 Å². The minimum atomic E-state index is -0.361. The molecule has 2 atom stereocenters. The molecule has 168 valence electrons. The molecule has 0 radical (unpaired) electrons. The number of nitrogens with one attached hydrogen (secondary N) is 1. The minimum Gasteiger partial charge on any atom is -0.400 e. The molecule has 2 heterocycles. The van der Waals surface area contributed by atoms with E-state index in [2.05, 4.69) is 22.2 Å². The van der Waals surface area contributed by atoms with Crippen molar-refractivity contribution in [2.45, 2.75) is 44.9 Å². The molecule has 0 saturated heterocycles. The third-order valence-electron chi connectivity index (χ3n) is 5.86. The monoisotopic (exact) mass is 435 g/mol. The first-order chi connectivity index (χ1) is 15.6. The summed E-state index contributed by atoms with van der Waals surface area (Å²) in [6.07, 6.45) is 9.47. The van der Waals surface area contributed by atoms with E-state index in [9.17, 15) is 9.18 Å². The van der Waals surface area contributed by atoms with Crippen molar-refractivity contribution in [1.29, 1.82) is 0 Å². The van der Waals surface area contributed by atoms with Crippen molar-refractivity contribution in [2.24, 2.45) is 5.92 Å². The van der Waals surface area contributed by atoms with Crippen LogP contribution in [0.25, 0.3) is 11.3 Å². The molecule has 0 bridgehead atoms. The molecule has 2 unspecified atom stereocenters. The quantitative estimate of drug-likeness (QED) is 0.506. The van der Waals surface area contributed by atoms with Crippen LogP contribution in [-0.2, 0) is 0 Å². The van der Waals surface area contributed by atoms with Crippen LogP contribution in [-0.4, -0.2) is 28.1 Å². The van der Waals surface area contributed by atoms with Gasteiger partial charge in [0, 0.05) is 18.9 Å². The number of benzene rings is 1. The van der Waals surface area contributed by atoms with Gasteiger partial charge in [-0.1, -0.05) is 44.4 Å². The molecule has 32 heavy (non-hydrogen) atoms. The van der Waals surface area contributed by atoms with Gasteiger partial charge in [0.15, 0.2) is 0 Å². The maximum atomic E-state index is 14.1. The molecule has 1 saturated carbocycles. The number of carbonyl (C=O) groups excluding carboxylic acids is 1. The molecule has 2 N–H and O–H groups in total. The Morgan fingerprint density at radius 3 is 2.66 bits per heavy atom. The third kappa shape index (κ3) is 5.77. The summed E-state index contributed by atoms with van der Waals surface area (Å²) in [5.74, 6) is 0.413. The predicted molar refractivity (Wildman–Crippen MR) is 125 cm³/mol. The van der Waals surface area contributed by atoms with E-state index in [1.54, 1.807) is 48.8 Å². The zero-order chi connectivity index (χ0) is 22.9. The van der Waals surface area contributed by atoms with Crippen LogP contribution in [0.2, 0.25) is 0 Å². The molecule has 1 aliphatic carbocycles. The molecule has 6 heteroatoms. The number of nitrogens with zero attached hydrogens (tertiary/aromatic N) is 2. The molecule has 1 aliphatic rings. The van der Waals surface area contributed by atoms with Gasteiger partial charge >= 0.3 is 0 Å². The number of hydrogen-bond donors (Lipinski definition) is 2. The summed E-state index contributed by atoms with van der Waals surface area (Å²) in [5.41, 5.74) is 2.93. The van der Waals surface area contributed by atoms with Crippen LogP contribution in [0.5, 0.6) is 0 Å². The summed E-state index contributed by atoms with van der Waals surface area (Å²) in [4.78, 5) is 21.6. The average molecular weight is 436 g/mol. The van der Waals surface area contributed by atoms with Gasteiger partial charge in [-0.3, -0.25) is 9.78 Å². The first kappa shape index (κ1) is 23.5. The average Bonchev–Trinajstić information content (AvgIpc) is 3.05. The number of aliphatic hydroxyl groups excluding tert-OH is 1. The molecule has 3 aromatic rings. The summed E-state index contributed by atoms with van der Waals surface area (Å²) >= 11 is 0. The van der Waals surface area contributed by atoms with Crippen molar-refractivity contribution >= 4 is 11.6 Å². The fraction of sp³-hybridized carbons (Fsp3) is 0.346. The van der Waals surface area contributed by atoms with Crippen molar-refractivity contribution in [2.75, 3.05) is 12.4 Å². The number of amides is 1. The SMILES string of the molecule is CC1CCCCC(c2ccncc2NC(=O)c2cccc(-c3ccccc3F)n2)C1.CO. The Bertz CT molecular complexity index is 1040. The zero-order valence-corrected chi connectivity index (χ0v) is 18.6. The number of carbonyl (C=O) groups is 1. The summed E-state index contributed by atoms with van der Waals surface area (Å²) in [6, 6.07) is 13.5. The van der Waals surface area contributed by atoms with Crippen LogP contribution in [0.15, 0.2) is 60.9 Å². The third-order valence-corrected chi connectivity index (χ3v) is 5.86. The van der Waals surface area contributed by atoms with Crippen LogP contribution in [0, 0.1) is 11.7 Å². The number of anilines is 1. The van der Waals surface area contributed by atoms with E-state index >= 15 is 0 Å². The second kappa shape index (κ2) is 11.5. The maximum Gasteiger partial charge on any atom is 0.274 e. The van der Waals surface area contributed by atoms with E-state index in [-0.39, 0.29) is 17.4 Å². The zero-order valence-electron chi connectivity index (χ0n) is 18.6. The van der Waals surface area contributed by atoms with Crippen LogP contribution in [0.1, 0.15) is 61.0 Å². The smallest absolute Gasteiger partial charge is 0.274 e. The fourth-order valence-electron chi connectivity index (χ4n) is 4.32. The van der Waals surface area contributed by atoms with Crippen molar-refractivity contribution in [3.63, 3.8) is 0 Å². The highest BCUT2D eigenvalue weighted by Gasteiger charge is 2.22. The highest BCUT2D eigenvalue weighted by molar-refractivity contribution is 6.03. The second-order valence-electron chi connectivity index (χ2n) is 8.13. The Hall–Kier alpha value is -3.12. The minimum absolute atomic E-state index is 0.250. The number of halogens is 1. The summed E-state index contributed by atoms with van der Waals surface area (Å²) in [6.45, 7) is 2.30. The molecule has 5 nitrogen and oxygen atoms in total. The number of hydrogen-bond acceptors (Lipinski definition) is 4. The topological polar surface area (TPSA) is 75.1 Å². The molecular formula is C26H30FN3O2. The lowest BCUT2D eigenvalue weighted by molar-refractivity contribution is 0.102. The molecule has 0 aliphatic heterocycles. The lowest BCUT2D eigenvalue weighted by Gasteiger charge is -2.20. The Labute approximate surface area is 188 Å². The Morgan fingerprint density at radius 2 is 1.84 bits per heavy atom. The largest absolute Gasteiger partial charge is 0.400 e. The van der Waals surface area contributed by atoms with Crippen LogP contribution in [0.3, 0.4) is 0 Å². The summed E-state index contributed by atoms with van der Waals surface area (Å²) < 4.78 is 14.1.